The van der Waals surface area contributed by atoms with Crippen molar-refractivity contribution < 1.29 is 4.65 Å². The lowest BCUT2D eigenvalue weighted by Gasteiger charge is -2.56. The molecule has 0 bridgehead atoms. The van der Waals surface area contributed by atoms with Crippen LogP contribution < -0.4 is 11.0 Å². The molecule has 0 saturated carbocycles. The largest absolute Gasteiger partial charge is 0.425 e. The first kappa shape index (κ1) is 10.5. The van der Waals surface area contributed by atoms with Gasteiger partial charge in [-0.25, -0.2) is 0 Å². The summed E-state index contributed by atoms with van der Waals surface area (Å²) in [7, 11) is 0. The van der Waals surface area contributed by atoms with Crippen molar-refractivity contribution in [2.24, 2.45) is 0 Å². The molecule has 0 atom stereocenters. The summed E-state index contributed by atoms with van der Waals surface area (Å²) in [6.45, 7) is 8.63. The molecule has 0 aliphatic carbocycles. The molecule has 1 aromatic rings. The van der Waals surface area contributed by atoms with Gasteiger partial charge in [-0.1, -0.05) is 19.9 Å². The van der Waals surface area contributed by atoms with Crippen molar-refractivity contribution >= 4 is 12.4 Å². The minimum atomic E-state index is -0.103. The fourth-order valence-electron chi connectivity index (χ4n) is 1.92. The second-order valence-corrected chi connectivity index (χ2v) is 5.22. The summed E-state index contributed by atoms with van der Waals surface area (Å²) in [5, 5.41) is 0.0885. The van der Waals surface area contributed by atoms with Crippen LogP contribution in [0.4, 0.5) is 0 Å². The minimum absolute atomic E-state index is 0.0735. The van der Waals surface area contributed by atoms with Crippen molar-refractivity contribution in [3.63, 3.8) is 0 Å². The Morgan fingerprint density at radius 3 is 2.33 bits per heavy atom. The second kappa shape index (κ2) is 2.98. The van der Waals surface area contributed by atoms with Crippen LogP contribution in [0.15, 0.2) is 23.1 Å². The van der Waals surface area contributed by atoms with Gasteiger partial charge in [0.2, 0.25) is 5.56 Å². The van der Waals surface area contributed by atoms with Crippen molar-refractivity contribution in [1.29, 1.82) is 0 Å². The molecule has 1 N–H and O–H groups in total. The third-order valence-electron chi connectivity index (χ3n) is 3.73. The molecule has 1 fully saturated rings. The van der Waals surface area contributed by atoms with Gasteiger partial charge in [-0.3, -0.25) is 4.79 Å². The molecule has 0 unspecified atom stereocenters. The normalized spacial score (nSPS) is 22.3. The maximum absolute atomic E-state index is 10.9. The quantitative estimate of drug-likeness (QED) is 0.699. The number of rotatable bonds is 1. The predicted octanol–water partition coefficient (Wildman–Crippen LogP) is 1.16. The van der Waals surface area contributed by atoms with Crippen LogP contribution in [0, 0.1) is 0 Å². The van der Waals surface area contributed by atoms with Gasteiger partial charge in [0.05, 0.1) is 0 Å². The minimum Gasteiger partial charge on any atom is -0.425 e. The third kappa shape index (κ3) is 1.44. The van der Waals surface area contributed by atoms with Crippen LogP contribution in [-0.4, -0.2) is 17.5 Å². The Kier molecular flexibility index (Phi) is 2.09. The number of aromatic amines is 1. The Balaban J connectivity index is 2.29. The van der Waals surface area contributed by atoms with E-state index in [9.17, 15) is 4.79 Å². The molecule has 0 radical (unpaired) electrons. The average molecular weight is 205 g/mol. The number of pyridine rings is 1. The maximum atomic E-state index is 10.9. The zero-order valence-corrected chi connectivity index (χ0v) is 9.63. The van der Waals surface area contributed by atoms with E-state index >= 15 is 0 Å². The SMILES string of the molecule is CC1(C)OB(c2ccc(=O)[nH]c2)C1(C)C. The Hall–Kier alpha value is -1.03. The predicted molar refractivity (Wildman–Crippen MR) is 61.7 cm³/mol. The zero-order chi connectivity index (χ0) is 11.3. The zero-order valence-electron chi connectivity index (χ0n) is 9.63. The molecule has 1 aliphatic rings. The van der Waals surface area contributed by atoms with Crippen LogP contribution >= 0.6 is 0 Å². The van der Waals surface area contributed by atoms with Gasteiger partial charge < -0.3 is 9.64 Å². The van der Waals surface area contributed by atoms with E-state index in [0.717, 1.165) is 5.46 Å². The molecule has 15 heavy (non-hydrogen) atoms. The first-order chi connectivity index (χ1) is 6.84. The highest BCUT2D eigenvalue weighted by atomic mass is 16.5. The summed E-state index contributed by atoms with van der Waals surface area (Å²) in [5.41, 5.74) is 0.863. The van der Waals surface area contributed by atoms with Crippen molar-refractivity contribution in [2.45, 2.75) is 38.6 Å². The molecule has 0 spiro atoms. The summed E-state index contributed by atoms with van der Waals surface area (Å²) in [6.07, 6.45) is 1.74. The van der Waals surface area contributed by atoms with E-state index in [1.54, 1.807) is 12.3 Å². The second-order valence-electron chi connectivity index (χ2n) is 5.22. The highest BCUT2D eigenvalue weighted by molar-refractivity contribution is 6.73. The number of H-pyrrole nitrogens is 1. The van der Waals surface area contributed by atoms with Gasteiger partial charge in [-0.05, 0) is 19.3 Å². The van der Waals surface area contributed by atoms with Gasteiger partial charge in [0, 0.05) is 23.2 Å². The smallest absolute Gasteiger partial charge is 0.337 e. The summed E-state index contributed by atoms with van der Waals surface area (Å²) >= 11 is 0. The highest BCUT2D eigenvalue weighted by Crippen LogP contribution is 2.52. The fraction of sp³-hybridized carbons (Fsp3) is 0.545. The molecule has 1 aliphatic heterocycles. The van der Waals surface area contributed by atoms with E-state index in [-0.39, 0.29) is 23.4 Å². The van der Waals surface area contributed by atoms with Gasteiger partial charge in [-0.15, -0.1) is 0 Å². The van der Waals surface area contributed by atoms with Gasteiger partial charge in [0.1, 0.15) is 0 Å². The Morgan fingerprint density at radius 1 is 1.27 bits per heavy atom. The summed E-state index contributed by atoms with van der Waals surface area (Å²) in [4.78, 5) is 13.6. The van der Waals surface area contributed by atoms with Crippen molar-refractivity contribution in [3.05, 3.63) is 28.7 Å². The fourth-order valence-corrected chi connectivity index (χ4v) is 1.92. The van der Waals surface area contributed by atoms with Gasteiger partial charge in [-0.2, -0.15) is 0 Å². The molecule has 1 aromatic heterocycles. The molecular weight excluding hydrogens is 189 g/mol. The lowest BCUT2D eigenvalue weighted by Crippen LogP contribution is -2.66. The van der Waals surface area contributed by atoms with E-state index in [2.05, 4.69) is 32.7 Å². The Morgan fingerprint density at radius 2 is 1.93 bits per heavy atom. The standard InChI is InChI=1S/C11H16BNO2/c1-10(2)11(3,4)15-12(10)8-5-6-9(14)13-7-8/h5-7H,1-4H3,(H,13,14). The first-order valence-electron chi connectivity index (χ1n) is 5.21. The summed E-state index contributed by atoms with van der Waals surface area (Å²) in [6, 6.07) is 3.38. The van der Waals surface area contributed by atoms with Crippen molar-refractivity contribution in [2.75, 3.05) is 0 Å². The molecule has 1 saturated heterocycles. The summed E-state index contributed by atoms with van der Waals surface area (Å²) in [5.74, 6) is 0. The molecule has 2 heterocycles. The monoisotopic (exact) mass is 205 g/mol. The van der Waals surface area contributed by atoms with Crippen LogP contribution in [0.2, 0.25) is 5.31 Å². The Labute approximate surface area is 90.0 Å². The summed E-state index contributed by atoms with van der Waals surface area (Å²) < 4.78 is 5.85. The molecule has 3 nitrogen and oxygen atoms in total. The Bertz CT molecular complexity index is 416. The van der Waals surface area contributed by atoms with Crippen LogP contribution in [0.1, 0.15) is 27.7 Å². The lowest BCUT2D eigenvalue weighted by atomic mass is 9.33. The van der Waals surface area contributed by atoms with Gasteiger partial charge >= 0.3 is 6.92 Å². The molecule has 0 amide bonds. The van der Waals surface area contributed by atoms with Gasteiger partial charge in [0.25, 0.3) is 0 Å². The van der Waals surface area contributed by atoms with E-state index in [1.807, 2.05) is 6.07 Å². The van der Waals surface area contributed by atoms with Crippen molar-refractivity contribution in [3.8, 4) is 0 Å². The number of hydrogen-bond acceptors (Lipinski definition) is 2. The average Bonchev–Trinajstić information content (AvgIpc) is 2.16. The van der Waals surface area contributed by atoms with E-state index in [4.69, 9.17) is 4.65 Å². The van der Waals surface area contributed by atoms with E-state index < -0.39 is 0 Å². The topological polar surface area (TPSA) is 42.1 Å². The molecule has 80 valence electrons. The highest BCUT2D eigenvalue weighted by Gasteiger charge is 2.59. The maximum Gasteiger partial charge on any atom is 0.337 e. The number of hydrogen-bond donors (Lipinski definition) is 1. The van der Waals surface area contributed by atoms with Crippen molar-refractivity contribution in [1.82, 2.24) is 4.98 Å². The molecule has 0 aromatic carbocycles. The van der Waals surface area contributed by atoms with Crippen LogP contribution in [-0.2, 0) is 4.65 Å². The third-order valence-corrected chi connectivity index (χ3v) is 3.73. The van der Waals surface area contributed by atoms with Crippen LogP contribution in [0.25, 0.3) is 0 Å². The van der Waals surface area contributed by atoms with E-state index in [0.29, 0.717) is 0 Å². The molecular formula is C11H16BNO2. The molecule has 2 rings (SSSR count). The number of nitrogens with one attached hydrogen (secondary N) is 1. The first-order valence-corrected chi connectivity index (χ1v) is 5.21. The number of aromatic nitrogens is 1. The van der Waals surface area contributed by atoms with Gasteiger partial charge in [0.15, 0.2) is 0 Å². The lowest BCUT2D eigenvalue weighted by molar-refractivity contribution is -0.00942. The molecule has 4 heteroatoms. The van der Waals surface area contributed by atoms with Crippen LogP contribution in [0.3, 0.4) is 0 Å². The van der Waals surface area contributed by atoms with Crippen LogP contribution in [0.5, 0.6) is 0 Å². The van der Waals surface area contributed by atoms with E-state index in [1.165, 1.54) is 0 Å².